The van der Waals surface area contributed by atoms with Gasteiger partial charge < -0.3 is 5.73 Å². The summed E-state index contributed by atoms with van der Waals surface area (Å²) >= 11 is 0. The van der Waals surface area contributed by atoms with Gasteiger partial charge in [-0.05, 0) is 12.1 Å². The molecule has 2 amide bonds. The fourth-order valence-corrected chi connectivity index (χ4v) is 2.73. The molecule has 108 valence electrons. The van der Waals surface area contributed by atoms with E-state index < -0.39 is 21.8 Å². The maximum atomic E-state index is 12.1. The van der Waals surface area contributed by atoms with E-state index in [1.54, 1.807) is 6.07 Å². The first kappa shape index (κ1) is 14.5. The number of benzene rings is 1. The molecule has 7 nitrogen and oxygen atoms in total. The molecule has 0 saturated heterocycles. The van der Waals surface area contributed by atoms with Crippen molar-refractivity contribution in [2.45, 2.75) is 0 Å². The summed E-state index contributed by atoms with van der Waals surface area (Å²) < 4.78 is 24.4. The molecule has 0 aromatic heterocycles. The van der Waals surface area contributed by atoms with Crippen molar-refractivity contribution in [3.05, 3.63) is 29.3 Å². The van der Waals surface area contributed by atoms with E-state index in [0.29, 0.717) is 0 Å². The molecule has 1 aliphatic heterocycles. The number of nitrogens with two attached hydrogens (primary N) is 1. The number of rotatable bonds is 4. The van der Waals surface area contributed by atoms with Crippen LogP contribution in [0.4, 0.5) is 5.69 Å². The highest BCUT2D eigenvalue weighted by atomic mass is 32.2. The molecular formula is C12H15N3O4S. The van der Waals surface area contributed by atoms with Gasteiger partial charge in [0.15, 0.2) is 0 Å². The highest BCUT2D eigenvalue weighted by molar-refractivity contribution is 7.89. The standard InChI is InChI=1S/C12H15N3O4S/c1-14(2)20(18,19)7-6-15-11(16)8-4-3-5-9(13)10(8)12(15)17/h3-5H,6-7,13H2,1-2H3. The molecule has 1 heterocycles. The molecule has 1 aromatic carbocycles. The summed E-state index contributed by atoms with van der Waals surface area (Å²) in [6.45, 7) is -0.188. The molecule has 0 radical (unpaired) electrons. The minimum atomic E-state index is -3.47. The molecule has 0 saturated carbocycles. The van der Waals surface area contributed by atoms with Crippen LogP contribution in [0.2, 0.25) is 0 Å². The van der Waals surface area contributed by atoms with Crippen molar-refractivity contribution >= 4 is 27.5 Å². The van der Waals surface area contributed by atoms with Crippen molar-refractivity contribution < 1.29 is 18.0 Å². The number of nitrogen functional groups attached to an aromatic ring is 1. The Labute approximate surface area is 117 Å². The maximum absolute atomic E-state index is 12.1. The molecule has 20 heavy (non-hydrogen) atoms. The number of carbonyl (C=O) groups is 2. The Bertz CT molecular complexity index is 682. The zero-order chi connectivity index (χ0) is 15.1. The average Bonchev–Trinajstić information content (AvgIpc) is 2.61. The van der Waals surface area contributed by atoms with Crippen LogP contribution < -0.4 is 5.73 Å². The Hall–Kier alpha value is -1.93. The van der Waals surface area contributed by atoms with Crippen LogP contribution in [0.3, 0.4) is 0 Å². The predicted molar refractivity (Wildman–Crippen MR) is 73.7 cm³/mol. The number of hydrogen-bond donors (Lipinski definition) is 1. The monoisotopic (exact) mass is 297 g/mol. The lowest BCUT2D eigenvalue weighted by Crippen LogP contribution is -2.37. The Morgan fingerprint density at radius 2 is 1.85 bits per heavy atom. The molecule has 1 aliphatic rings. The van der Waals surface area contributed by atoms with E-state index in [1.807, 2.05) is 0 Å². The molecule has 0 atom stereocenters. The third-order valence-electron chi connectivity index (χ3n) is 3.16. The third-order valence-corrected chi connectivity index (χ3v) is 4.97. The van der Waals surface area contributed by atoms with Crippen molar-refractivity contribution in [3.63, 3.8) is 0 Å². The second kappa shape index (κ2) is 4.88. The molecule has 0 aliphatic carbocycles. The maximum Gasteiger partial charge on any atom is 0.263 e. The van der Waals surface area contributed by atoms with Gasteiger partial charge in [-0.1, -0.05) is 6.07 Å². The van der Waals surface area contributed by atoms with Crippen LogP contribution in [0.15, 0.2) is 18.2 Å². The quantitative estimate of drug-likeness (QED) is 0.610. The second-order valence-corrected chi connectivity index (χ2v) is 6.93. The lowest BCUT2D eigenvalue weighted by atomic mass is 10.1. The molecule has 2 rings (SSSR count). The van der Waals surface area contributed by atoms with E-state index in [0.717, 1.165) is 9.21 Å². The zero-order valence-electron chi connectivity index (χ0n) is 11.2. The molecule has 0 bridgehead atoms. The predicted octanol–water partition coefficient (Wildman–Crippen LogP) is -0.244. The summed E-state index contributed by atoms with van der Waals surface area (Å²) in [6, 6.07) is 4.62. The van der Waals surface area contributed by atoms with Crippen LogP contribution in [-0.2, 0) is 10.0 Å². The fourth-order valence-electron chi connectivity index (χ4n) is 1.95. The fraction of sp³-hybridized carbons (Fsp3) is 0.333. The Kier molecular flexibility index (Phi) is 3.53. The van der Waals surface area contributed by atoms with Gasteiger partial charge in [0.05, 0.1) is 16.9 Å². The molecule has 1 aromatic rings. The van der Waals surface area contributed by atoms with Gasteiger partial charge in [-0.25, -0.2) is 12.7 Å². The summed E-state index contributed by atoms with van der Waals surface area (Å²) in [4.78, 5) is 25.1. The molecular weight excluding hydrogens is 282 g/mol. The van der Waals surface area contributed by atoms with Crippen molar-refractivity contribution in [2.75, 3.05) is 32.1 Å². The highest BCUT2D eigenvalue weighted by Gasteiger charge is 2.37. The topological polar surface area (TPSA) is 101 Å². The first-order chi connectivity index (χ1) is 9.25. The summed E-state index contributed by atoms with van der Waals surface area (Å²) in [6.07, 6.45) is 0. The van der Waals surface area contributed by atoms with E-state index in [1.165, 1.54) is 26.2 Å². The van der Waals surface area contributed by atoms with Crippen LogP contribution >= 0.6 is 0 Å². The van der Waals surface area contributed by atoms with Crippen LogP contribution in [0.25, 0.3) is 0 Å². The number of nitrogens with zero attached hydrogens (tertiary/aromatic N) is 2. The number of sulfonamides is 1. The van der Waals surface area contributed by atoms with E-state index in [9.17, 15) is 18.0 Å². The smallest absolute Gasteiger partial charge is 0.263 e. The van der Waals surface area contributed by atoms with E-state index in [4.69, 9.17) is 5.73 Å². The molecule has 0 spiro atoms. The SMILES string of the molecule is CN(C)S(=O)(=O)CCN1C(=O)c2cccc(N)c2C1=O. The Morgan fingerprint density at radius 1 is 1.20 bits per heavy atom. The lowest BCUT2D eigenvalue weighted by Gasteiger charge is -2.16. The highest BCUT2D eigenvalue weighted by Crippen LogP contribution is 2.27. The first-order valence-corrected chi connectivity index (χ1v) is 7.51. The van der Waals surface area contributed by atoms with Crippen molar-refractivity contribution in [1.29, 1.82) is 0 Å². The van der Waals surface area contributed by atoms with E-state index in [2.05, 4.69) is 0 Å². The number of fused-ring (bicyclic) bond motifs is 1. The van der Waals surface area contributed by atoms with Gasteiger partial charge >= 0.3 is 0 Å². The van der Waals surface area contributed by atoms with Gasteiger partial charge in [0, 0.05) is 26.3 Å². The lowest BCUT2D eigenvalue weighted by molar-refractivity contribution is 0.0664. The van der Waals surface area contributed by atoms with Crippen LogP contribution in [-0.4, -0.2) is 55.8 Å². The van der Waals surface area contributed by atoms with Gasteiger partial charge in [-0.3, -0.25) is 14.5 Å². The molecule has 2 N–H and O–H groups in total. The van der Waals surface area contributed by atoms with Gasteiger partial charge in [-0.2, -0.15) is 0 Å². The van der Waals surface area contributed by atoms with Gasteiger partial charge in [0.2, 0.25) is 10.0 Å². The Morgan fingerprint density at radius 3 is 2.40 bits per heavy atom. The van der Waals surface area contributed by atoms with Gasteiger partial charge in [0.25, 0.3) is 11.8 Å². The van der Waals surface area contributed by atoms with Crippen LogP contribution in [0, 0.1) is 0 Å². The summed E-state index contributed by atoms with van der Waals surface area (Å²) in [5.74, 6) is -1.37. The number of hydrogen-bond acceptors (Lipinski definition) is 5. The minimum absolute atomic E-state index is 0.153. The summed E-state index contributed by atoms with van der Waals surface area (Å²) in [5.41, 5.74) is 6.28. The normalized spacial score (nSPS) is 15.1. The van der Waals surface area contributed by atoms with Crippen LogP contribution in [0.1, 0.15) is 20.7 Å². The first-order valence-electron chi connectivity index (χ1n) is 5.90. The summed E-state index contributed by atoms with van der Waals surface area (Å²) in [5, 5.41) is 0. The number of imide groups is 1. The molecule has 0 unspecified atom stereocenters. The summed E-state index contributed by atoms with van der Waals surface area (Å²) in [7, 11) is -0.677. The van der Waals surface area contributed by atoms with Crippen molar-refractivity contribution in [3.8, 4) is 0 Å². The number of amides is 2. The van der Waals surface area contributed by atoms with Crippen molar-refractivity contribution in [2.24, 2.45) is 0 Å². The second-order valence-electron chi connectivity index (χ2n) is 4.63. The molecule has 0 fully saturated rings. The molecule has 8 heteroatoms. The number of anilines is 1. The van der Waals surface area contributed by atoms with E-state index in [-0.39, 0.29) is 29.1 Å². The van der Waals surface area contributed by atoms with E-state index >= 15 is 0 Å². The van der Waals surface area contributed by atoms with Crippen molar-refractivity contribution in [1.82, 2.24) is 9.21 Å². The minimum Gasteiger partial charge on any atom is -0.398 e. The average molecular weight is 297 g/mol. The largest absolute Gasteiger partial charge is 0.398 e. The zero-order valence-corrected chi connectivity index (χ0v) is 12.0. The van der Waals surface area contributed by atoms with Crippen LogP contribution in [0.5, 0.6) is 0 Å². The number of carbonyl (C=O) groups excluding carboxylic acids is 2. The Balaban J connectivity index is 2.24. The van der Waals surface area contributed by atoms with Gasteiger partial charge in [0.1, 0.15) is 0 Å². The third kappa shape index (κ3) is 2.27. The van der Waals surface area contributed by atoms with Gasteiger partial charge in [-0.15, -0.1) is 0 Å².